The fourth-order valence-electron chi connectivity index (χ4n) is 0.575. The standard InChI is InChI=1S/C6H7N2O/c1-5-3-4-7-8(2)6(5)9/h3H,1-2H3. The van der Waals surface area contributed by atoms with Gasteiger partial charge in [0.2, 0.25) is 0 Å². The van der Waals surface area contributed by atoms with Crippen LogP contribution in [0.2, 0.25) is 0 Å². The fraction of sp³-hybridized carbons (Fsp3) is 0.333. The summed E-state index contributed by atoms with van der Waals surface area (Å²) in [6.45, 7) is 1.74. The Kier molecular flexibility index (Phi) is 1.34. The van der Waals surface area contributed by atoms with Gasteiger partial charge in [0.15, 0.2) is 0 Å². The maximum absolute atomic E-state index is 10.8. The Morgan fingerprint density at radius 1 is 1.78 bits per heavy atom. The Morgan fingerprint density at radius 2 is 2.44 bits per heavy atom. The molecule has 0 aliphatic heterocycles. The molecule has 47 valence electrons. The van der Waals surface area contributed by atoms with E-state index >= 15 is 0 Å². The highest BCUT2D eigenvalue weighted by Gasteiger charge is 1.91. The fourth-order valence-corrected chi connectivity index (χ4v) is 0.575. The van der Waals surface area contributed by atoms with E-state index in [4.69, 9.17) is 0 Å². The van der Waals surface area contributed by atoms with Gasteiger partial charge in [-0.3, -0.25) is 4.79 Å². The molecule has 0 saturated carbocycles. The molecule has 0 N–H and O–H groups in total. The van der Waals surface area contributed by atoms with Crippen molar-refractivity contribution in [2.75, 3.05) is 0 Å². The van der Waals surface area contributed by atoms with Crippen LogP contribution < -0.4 is 5.56 Å². The second-order valence-electron chi connectivity index (χ2n) is 1.89. The maximum atomic E-state index is 10.8. The second-order valence-corrected chi connectivity index (χ2v) is 1.89. The van der Waals surface area contributed by atoms with Crippen molar-refractivity contribution >= 4 is 0 Å². The third kappa shape index (κ3) is 0.988. The summed E-state index contributed by atoms with van der Waals surface area (Å²) in [5.74, 6) is 0. The molecule has 0 aliphatic carbocycles. The van der Waals surface area contributed by atoms with E-state index in [1.807, 2.05) is 0 Å². The molecule has 0 amide bonds. The molecule has 9 heavy (non-hydrogen) atoms. The Morgan fingerprint density at radius 3 is 2.89 bits per heavy atom. The number of hydrogen-bond donors (Lipinski definition) is 0. The summed E-state index contributed by atoms with van der Waals surface area (Å²) >= 11 is 0. The average molecular weight is 123 g/mol. The highest BCUT2D eigenvalue weighted by Crippen LogP contribution is 1.79. The van der Waals surface area contributed by atoms with Gasteiger partial charge in [0, 0.05) is 12.6 Å². The predicted molar refractivity (Wildman–Crippen MR) is 33.1 cm³/mol. The van der Waals surface area contributed by atoms with Crippen molar-refractivity contribution in [2.24, 2.45) is 7.05 Å². The average Bonchev–Trinajstić information content (AvgIpc) is 1.83. The molecule has 0 aliphatic rings. The van der Waals surface area contributed by atoms with Crippen LogP contribution in [0.25, 0.3) is 0 Å². The summed E-state index contributed by atoms with van der Waals surface area (Å²) < 4.78 is 1.26. The molecule has 1 aromatic rings. The van der Waals surface area contributed by atoms with Gasteiger partial charge in [-0.2, -0.15) is 5.10 Å². The number of nitrogens with zero attached hydrogens (tertiary/aromatic N) is 2. The third-order valence-electron chi connectivity index (χ3n) is 1.12. The Hall–Kier alpha value is -1.12. The SMILES string of the molecule is Cc1c[c]nn(C)c1=O. The van der Waals surface area contributed by atoms with Crippen LogP contribution in [0, 0.1) is 13.1 Å². The van der Waals surface area contributed by atoms with Crippen molar-refractivity contribution in [3.63, 3.8) is 0 Å². The van der Waals surface area contributed by atoms with Gasteiger partial charge in [0.05, 0.1) is 0 Å². The van der Waals surface area contributed by atoms with E-state index in [-0.39, 0.29) is 5.56 Å². The molecule has 3 heteroatoms. The lowest BCUT2D eigenvalue weighted by Crippen LogP contribution is -2.20. The predicted octanol–water partition coefficient (Wildman–Crippen LogP) is -0.111. The molecular formula is C6H7N2O. The van der Waals surface area contributed by atoms with E-state index in [1.165, 1.54) is 4.68 Å². The van der Waals surface area contributed by atoms with E-state index in [9.17, 15) is 4.79 Å². The van der Waals surface area contributed by atoms with Gasteiger partial charge in [-0.1, -0.05) is 0 Å². The second kappa shape index (κ2) is 2.01. The molecule has 0 fully saturated rings. The topological polar surface area (TPSA) is 34.9 Å². The van der Waals surface area contributed by atoms with Gasteiger partial charge in [-0.05, 0) is 13.0 Å². The van der Waals surface area contributed by atoms with Crippen LogP contribution in [0.1, 0.15) is 5.56 Å². The van der Waals surface area contributed by atoms with Gasteiger partial charge >= 0.3 is 0 Å². The van der Waals surface area contributed by atoms with Crippen molar-refractivity contribution in [1.29, 1.82) is 0 Å². The zero-order valence-electron chi connectivity index (χ0n) is 5.38. The normalized spacial score (nSPS) is 9.56. The zero-order valence-corrected chi connectivity index (χ0v) is 5.38. The van der Waals surface area contributed by atoms with Crippen LogP contribution in [0.3, 0.4) is 0 Å². The smallest absolute Gasteiger partial charge is 0.268 e. The third-order valence-corrected chi connectivity index (χ3v) is 1.12. The first-order valence-electron chi connectivity index (χ1n) is 2.63. The Bertz CT molecular complexity index is 241. The number of hydrogen-bond acceptors (Lipinski definition) is 2. The number of rotatable bonds is 0. The molecule has 0 unspecified atom stereocenters. The van der Waals surface area contributed by atoms with Crippen LogP contribution in [-0.4, -0.2) is 9.78 Å². The van der Waals surface area contributed by atoms with E-state index in [0.29, 0.717) is 5.56 Å². The molecule has 0 aromatic carbocycles. The number of aromatic nitrogens is 2. The van der Waals surface area contributed by atoms with Crippen molar-refractivity contribution in [3.05, 3.63) is 28.2 Å². The van der Waals surface area contributed by atoms with E-state index in [0.717, 1.165) is 0 Å². The first kappa shape index (κ1) is 6.01. The van der Waals surface area contributed by atoms with Gasteiger partial charge in [0.1, 0.15) is 6.20 Å². The van der Waals surface area contributed by atoms with Crippen molar-refractivity contribution < 1.29 is 0 Å². The minimum atomic E-state index is -0.0613. The minimum Gasteiger partial charge on any atom is -0.268 e. The lowest BCUT2D eigenvalue weighted by atomic mass is 10.3. The summed E-state index contributed by atoms with van der Waals surface area (Å²) in [7, 11) is 1.60. The molecule has 1 radical (unpaired) electrons. The summed E-state index contributed by atoms with van der Waals surface area (Å²) in [6, 6.07) is 1.57. The lowest BCUT2D eigenvalue weighted by molar-refractivity contribution is 0.697. The Labute approximate surface area is 52.9 Å². The first-order chi connectivity index (χ1) is 4.22. The molecule has 0 saturated heterocycles. The zero-order chi connectivity index (χ0) is 6.85. The Balaban J connectivity index is 3.43. The maximum Gasteiger partial charge on any atom is 0.269 e. The molecule has 0 spiro atoms. The molecule has 0 bridgehead atoms. The van der Waals surface area contributed by atoms with E-state index in [2.05, 4.69) is 11.3 Å². The van der Waals surface area contributed by atoms with E-state index < -0.39 is 0 Å². The molecule has 1 heterocycles. The van der Waals surface area contributed by atoms with Gasteiger partial charge in [0.25, 0.3) is 5.56 Å². The molecular weight excluding hydrogens is 116 g/mol. The van der Waals surface area contributed by atoms with Crippen molar-refractivity contribution in [2.45, 2.75) is 6.92 Å². The molecule has 1 rings (SSSR count). The van der Waals surface area contributed by atoms with Crippen LogP contribution in [0.5, 0.6) is 0 Å². The van der Waals surface area contributed by atoms with Gasteiger partial charge in [-0.25, -0.2) is 4.68 Å². The van der Waals surface area contributed by atoms with Gasteiger partial charge in [-0.15, -0.1) is 0 Å². The summed E-state index contributed by atoms with van der Waals surface area (Å²) in [5.41, 5.74) is 0.612. The number of aryl methyl sites for hydroxylation is 2. The molecule has 1 aromatic heterocycles. The highest BCUT2D eigenvalue weighted by molar-refractivity contribution is 5.01. The highest BCUT2D eigenvalue weighted by atomic mass is 16.1. The minimum absolute atomic E-state index is 0.0613. The quantitative estimate of drug-likeness (QED) is 0.482. The summed E-state index contributed by atoms with van der Waals surface area (Å²) in [4.78, 5) is 10.8. The molecule has 0 atom stereocenters. The van der Waals surface area contributed by atoms with Crippen LogP contribution in [0.15, 0.2) is 10.9 Å². The van der Waals surface area contributed by atoms with Crippen LogP contribution in [0.4, 0.5) is 0 Å². The van der Waals surface area contributed by atoms with Crippen molar-refractivity contribution in [3.8, 4) is 0 Å². The van der Waals surface area contributed by atoms with Gasteiger partial charge < -0.3 is 0 Å². The molecule has 3 nitrogen and oxygen atoms in total. The van der Waals surface area contributed by atoms with Crippen LogP contribution >= 0.6 is 0 Å². The monoisotopic (exact) mass is 123 g/mol. The van der Waals surface area contributed by atoms with Crippen molar-refractivity contribution in [1.82, 2.24) is 9.78 Å². The van der Waals surface area contributed by atoms with Crippen LogP contribution in [-0.2, 0) is 7.05 Å². The van der Waals surface area contributed by atoms with E-state index in [1.54, 1.807) is 20.0 Å². The first-order valence-corrected chi connectivity index (χ1v) is 2.63. The largest absolute Gasteiger partial charge is 0.269 e. The summed E-state index contributed by atoms with van der Waals surface area (Å²) in [6.07, 6.45) is 2.58. The lowest BCUT2D eigenvalue weighted by Gasteiger charge is -1.92. The summed E-state index contributed by atoms with van der Waals surface area (Å²) in [5, 5.41) is 3.62.